The molecule has 0 aromatic heterocycles. The lowest BCUT2D eigenvalue weighted by Crippen LogP contribution is -2.48. The van der Waals surface area contributed by atoms with Crippen LogP contribution >= 0.6 is 11.6 Å². The first kappa shape index (κ1) is 23.0. The van der Waals surface area contributed by atoms with Crippen molar-refractivity contribution in [1.29, 1.82) is 0 Å². The maximum absolute atomic E-state index is 13.0. The molecule has 0 bridgehead atoms. The average molecular weight is 439 g/mol. The van der Waals surface area contributed by atoms with Crippen molar-refractivity contribution in [3.8, 4) is 5.75 Å². The Morgan fingerprint density at radius 2 is 1.83 bits per heavy atom. The minimum atomic E-state index is -3.69. The number of carbonyl (C=O) groups is 1. The van der Waals surface area contributed by atoms with E-state index in [1.165, 1.54) is 0 Å². The number of methoxy groups -OCH3 is 1. The van der Waals surface area contributed by atoms with Crippen LogP contribution in [0.4, 0.5) is 5.69 Å². The molecule has 2 atom stereocenters. The molecule has 29 heavy (non-hydrogen) atoms. The van der Waals surface area contributed by atoms with E-state index in [1.807, 2.05) is 32.0 Å². The number of halogens is 1. The first-order valence-corrected chi connectivity index (χ1v) is 11.5. The molecule has 0 aliphatic carbocycles. The maximum atomic E-state index is 13.0. The zero-order valence-electron chi connectivity index (χ0n) is 17.3. The number of carbonyl (C=O) groups excluding carboxylic acids is 1. The molecule has 2 rings (SSSR count). The number of hydrogen-bond donors (Lipinski definition) is 1. The van der Waals surface area contributed by atoms with Crippen LogP contribution in [0.15, 0.2) is 42.5 Å². The van der Waals surface area contributed by atoms with Crippen LogP contribution in [0.3, 0.4) is 0 Å². The third kappa shape index (κ3) is 5.64. The van der Waals surface area contributed by atoms with E-state index in [4.69, 9.17) is 16.3 Å². The Hall–Kier alpha value is -2.25. The molecular weight excluding hydrogens is 412 g/mol. The summed E-state index contributed by atoms with van der Waals surface area (Å²) >= 11 is 5.91. The summed E-state index contributed by atoms with van der Waals surface area (Å²) in [5.74, 6) is 0.389. The minimum absolute atomic E-state index is 0.249. The summed E-state index contributed by atoms with van der Waals surface area (Å²) in [6.07, 6.45) is 1.74. The Morgan fingerprint density at radius 1 is 1.21 bits per heavy atom. The van der Waals surface area contributed by atoms with Crippen LogP contribution in [0.5, 0.6) is 5.75 Å². The molecule has 8 heteroatoms. The number of benzene rings is 2. The largest absolute Gasteiger partial charge is 0.496 e. The predicted molar refractivity (Wildman–Crippen MR) is 117 cm³/mol. The zero-order chi connectivity index (χ0) is 21.8. The van der Waals surface area contributed by atoms with Crippen LogP contribution in [0.2, 0.25) is 5.02 Å². The third-order valence-electron chi connectivity index (χ3n) is 4.72. The molecule has 0 unspecified atom stereocenters. The standard InChI is InChI=1S/C21H27ClN2O4S/c1-6-19(16-7-12-20(28-4)14(2)13-16)23-21(25)15(3)24(29(5,26)27)18-10-8-17(22)9-11-18/h7-13,15,19H,6H2,1-5H3,(H,23,25)/t15-,19+/m0/s1. The summed E-state index contributed by atoms with van der Waals surface area (Å²) in [4.78, 5) is 13.0. The van der Waals surface area contributed by atoms with Crippen molar-refractivity contribution in [3.63, 3.8) is 0 Å². The number of amides is 1. The van der Waals surface area contributed by atoms with Gasteiger partial charge in [-0.15, -0.1) is 0 Å². The van der Waals surface area contributed by atoms with E-state index in [0.717, 1.165) is 27.4 Å². The highest BCUT2D eigenvalue weighted by molar-refractivity contribution is 7.92. The van der Waals surface area contributed by atoms with Gasteiger partial charge in [0.25, 0.3) is 0 Å². The fourth-order valence-electron chi connectivity index (χ4n) is 3.23. The first-order chi connectivity index (χ1) is 13.6. The Morgan fingerprint density at radius 3 is 2.31 bits per heavy atom. The van der Waals surface area contributed by atoms with E-state index in [9.17, 15) is 13.2 Å². The highest BCUT2D eigenvalue weighted by Crippen LogP contribution is 2.26. The van der Waals surface area contributed by atoms with E-state index in [1.54, 1.807) is 38.3 Å². The lowest BCUT2D eigenvalue weighted by molar-refractivity contribution is -0.122. The minimum Gasteiger partial charge on any atom is -0.496 e. The second-order valence-electron chi connectivity index (χ2n) is 6.91. The van der Waals surface area contributed by atoms with Crippen molar-refractivity contribution in [1.82, 2.24) is 5.32 Å². The lowest BCUT2D eigenvalue weighted by atomic mass is 10.0. The molecule has 0 saturated heterocycles. The molecule has 2 aromatic rings. The molecule has 1 amide bonds. The smallest absolute Gasteiger partial charge is 0.244 e. The molecule has 2 aromatic carbocycles. The number of ether oxygens (including phenoxy) is 1. The zero-order valence-corrected chi connectivity index (χ0v) is 18.8. The second-order valence-corrected chi connectivity index (χ2v) is 9.21. The molecular formula is C21H27ClN2O4S. The van der Waals surface area contributed by atoms with Gasteiger partial charge in [-0.3, -0.25) is 9.10 Å². The molecule has 0 aliphatic heterocycles. The van der Waals surface area contributed by atoms with Crippen molar-refractivity contribution in [2.45, 2.75) is 39.3 Å². The maximum Gasteiger partial charge on any atom is 0.244 e. The van der Waals surface area contributed by atoms with Crippen molar-refractivity contribution < 1.29 is 17.9 Å². The van der Waals surface area contributed by atoms with E-state index < -0.39 is 16.1 Å². The Bertz CT molecular complexity index is 961. The highest BCUT2D eigenvalue weighted by Gasteiger charge is 2.30. The van der Waals surface area contributed by atoms with E-state index in [2.05, 4.69) is 5.32 Å². The number of sulfonamides is 1. The van der Waals surface area contributed by atoms with Gasteiger partial charge in [0.1, 0.15) is 11.8 Å². The van der Waals surface area contributed by atoms with Crippen molar-refractivity contribution in [2.24, 2.45) is 0 Å². The van der Waals surface area contributed by atoms with Gasteiger partial charge in [-0.05, 0) is 61.7 Å². The summed E-state index contributed by atoms with van der Waals surface area (Å²) in [6, 6.07) is 10.9. The molecule has 1 N–H and O–H groups in total. The summed E-state index contributed by atoms with van der Waals surface area (Å²) < 4.78 is 31.2. The van der Waals surface area contributed by atoms with Gasteiger partial charge in [-0.1, -0.05) is 30.7 Å². The lowest BCUT2D eigenvalue weighted by Gasteiger charge is -2.30. The molecule has 0 saturated carbocycles. The number of rotatable bonds is 8. The third-order valence-corrected chi connectivity index (χ3v) is 6.21. The number of nitrogens with zero attached hydrogens (tertiary/aromatic N) is 1. The van der Waals surface area contributed by atoms with Crippen molar-refractivity contribution >= 4 is 33.2 Å². The van der Waals surface area contributed by atoms with Crippen LogP contribution in [0.25, 0.3) is 0 Å². The van der Waals surface area contributed by atoms with E-state index >= 15 is 0 Å². The van der Waals surface area contributed by atoms with E-state index in [-0.39, 0.29) is 11.9 Å². The van der Waals surface area contributed by atoms with Gasteiger partial charge in [0.15, 0.2) is 0 Å². The van der Waals surface area contributed by atoms with Gasteiger partial charge < -0.3 is 10.1 Å². The van der Waals surface area contributed by atoms with Crippen molar-refractivity contribution in [2.75, 3.05) is 17.7 Å². The van der Waals surface area contributed by atoms with E-state index in [0.29, 0.717) is 17.1 Å². The van der Waals surface area contributed by atoms with Gasteiger partial charge in [-0.2, -0.15) is 0 Å². The van der Waals surface area contributed by atoms with Gasteiger partial charge in [0.05, 0.1) is 25.1 Å². The summed E-state index contributed by atoms with van der Waals surface area (Å²) in [7, 11) is -2.07. The van der Waals surface area contributed by atoms with Gasteiger partial charge in [-0.25, -0.2) is 8.42 Å². The highest BCUT2D eigenvalue weighted by atomic mass is 35.5. The second kappa shape index (κ2) is 9.50. The average Bonchev–Trinajstić information content (AvgIpc) is 2.66. The van der Waals surface area contributed by atoms with Crippen LogP contribution in [0, 0.1) is 6.92 Å². The molecule has 6 nitrogen and oxygen atoms in total. The molecule has 0 spiro atoms. The van der Waals surface area contributed by atoms with Gasteiger partial charge in [0.2, 0.25) is 15.9 Å². The quantitative estimate of drug-likeness (QED) is 0.673. The Labute approximate surface area is 177 Å². The fraction of sp³-hybridized carbons (Fsp3) is 0.381. The Kier molecular flexibility index (Phi) is 7.54. The SMILES string of the molecule is CC[C@@H](NC(=O)[C@H](C)N(c1ccc(Cl)cc1)S(C)(=O)=O)c1ccc(OC)c(C)c1. The normalized spacial score (nSPS) is 13.4. The van der Waals surface area contributed by atoms with Gasteiger partial charge >= 0.3 is 0 Å². The molecule has 0 aliphatic rings. The number of anilines is 1. The van der Waals surface area contributed by atoms with Crippen LogP contribution in [0.1, 0.15) is 37.4 Å². The Balaban J connectivity index is 2.28. The molecule has 0 heterocycles. The summed E-state index contributed by atoms with van der Waals surface area (Å²) in [5, 5.41) is 3.46. The van der Waals surface area contributed by atoms with Gasteiger partial charge in [0, 0.05) is 5.02 Å². The van der Waals surface area contributed by atoms with Crippen LogP contribution in [-0.4, -0.2) is 33.7 Å². The summed E-state index contributed by atoms with van der Waals surface area (Å²) in [5.41, 5.74) is 2.28. The number of nitrogens with one attached hydrogen (secondary N) is 1. The predicted octanol–water partition coefficient (Wildman–Crippen LogP) is 4.08. The van der Waals surface area contributed by atoms with Crippen molar-refractivity contribution in [3.05, 3.63) is 58.6 Å². The number of aryl methyl sites for hydroxylation is 1. The number of hydrogen-bond acceptors (Lipinski definition) is 4. The van der Waals surface area contributed by atoms with Crippen LogP contribution in [-0.2, 0) is 14.8 Å². The molecule has 0 fully saturated rings. The van der Waals surface area contributed by atoms with Crippen LogP contribution < -0.4 is 14.4 Å². The monoisotopic (exact) mass is 438 g/mol. The molecule has 158 valence electrons. The topological polar surface area (TPSA) is 75.7 Å². The summed E-state index contributed by atoms with van der Waals surface area (Å²) in [6.45, 7) is 5.46. The fourth-order valence-corrected chi connectivity index (χ4v) is 4.53. The molecule has 0 radical (unpaired) electrons. The first-order valence-electron chi connectivity index (χ1n) is 9.28.